The van der Waals surface area contributed by atoms with E-state index in [9.17, 15) is 9.90 Å². The summed E-state index contributed by atoms with van der Waals surface area (Å²) in [5, 5.41) is 21.2. The summed E-state index contributed by atoms with van der Waals surface area (Å²) in [5.74, 6) is -1.01. The first-order valence-electron chi connectivity index (χ1n) is 5.24. The van der Waals surface area contributed by atoms with E-state index in [4.69, 9.17) is 5.11 Å². The van der Waals surface area contributed by atoms with Gasteiger partial charge in [0.2, 0.25) is 0 Å². The monoisotopic (exact) mass is 224 g/mol. The van der Waals surface area contributed by atoms with Gasteiger partial charge in [0.1, 0.15) is 5.56 Å². The largest absolute Gasteiger partial charge is 0.478 e. The smallest absolute Gasteiger partial charge is 0.339 e. The molecule has 1 aromatic rings. The first-order valence-corrected chi connectivity index (χ1v) is 5.24. The van der Waals surface area contributed by atoms with Crippen molar-refractivity contribution in [3.8, 4) is 0 Å². The van der Waals surface area contributed by atoms with E-state index >= 15 is 0 Å². The van der Waals surface area contributed by atoms with Crippen LogP contribution in [-0.4, -0.2) is 33.8 Å². The number of aliphatic hydroxyl groups excluding tert-OH is 1. The first-order chi connectivity index (χ1) is 7.65. The van der Waals surface area contributed by atoms with Crippen LogP contribution in [0.2, 0.25) is 0 Å². The number of aromatic carboxylic acids is 1. The van der Waals surface area contributed by atoms with Gasteiger partial charge in [-0.1, -0.05) is 6.92 Å². The van der Waals surface area contributed by atoms with Crippen molar-refractivity contribution in [2.24, 2.45) is 0 Å². The normalized spacial score (nSPS) is 12.1. The third-order valence-electron chi connectivity index (χ3n) is 2.32. The second kappa shape index (κ2) is 6.07. The summed E-state index contributed by atoms with van der Waals surface area (Å²) in [5.41, 5.74) is 0.680. The molecule has 0 radical (unpaired) electrons. The fourth-order valence-corrected chi connectivity index (χ4v) is 1.30. The minimum absolute atomic E-state index is 0.147. The van der Waals surface area contributed by atoms with Gasteiger partial charge >= 0.3 is 5.97 Å². The number of anilines is 1. The van der Waals surface area contributed by atoms with Crippen molar-refractivity contribution in [3.05, 3.63) is 24.0 Å². The van der Waals surface area contributed by atoms with Gasteiger partial charge in [-0.2, -0.15) is 0 Å². The molecule has 0 amide bonds. The molecule has 1 aromatic heterocycles. The van der Waals surface area contributed by atoms with Crippen LogP contribution in [0.25, 0.3) is 0 Å². The quantitative estimate of drug-likeness (QED) is 0.679. The molecule has 3 N–H and O–H groups in total. The molecule has 0 saturated heterocycles. The molecule has 88 valence electrons. The van der Waals surface area contributed by atoms with E-state index < -0.39 is 5.97 Å². The Balaban J connectivity index is 2.56. The Morgan fingerprint density at radius 3 is 3.00 bits per heavy atom. The molecule has 1 heterocycles. The zero-order chi connectivity index (χ0) is 12.0. The number of aromatic nitrogens is 1. The number of nitrogens with one attached hydrogen (secondary N) is 1. The van der Waals surface area contributed by atoms with E-state index in [1.807, 2.05) is 6.92 Å². The minimum atomic E-state index is -1.01. The van der Waals surface area contributed by atoms with Crippen molar-refractivity contribution in [3.63, 3.8) is 0 Å². The number of nitrogens with zero attached hydrogens (tertiary/aromatic N) is 1. The summed E-state index contributed by atoms with van der Waals surface area (Å²) >= 11 is 0. The molecule has 1 rings (SSSR count). The summed E-state index contributed by atoms with van der Waals surface area (Å²) < 4.78 is 0. The topological polar surface area (TPSA) is 82.5 Å². The molecule has 0 bridgehead atoms. The average molecular weight is 224 g/mol. The molecule has 0 saturated carbocycles. The predicted octanol–water partition coefficient (Wildman–Crippen LogP) is 1.35. The molecule has 0 aliphatic rings. The molecule has 1 unspecified atom stereocenters. The van der Waals surface area contributed by atoms with Gasteiger partial charge in [0, 0.05) is 18.9 Å². The zero-order valence-corrected chi connectivity index (χ0v) is 9.18. The molecule has 1 atom stereocenters. The third-order valence-corrected chi connectivity index (χ3v) is 2.32. The van der Waals surface area contributed by atoms with Crippen molar-refractivity contribution >= 4 is 11.7 Å². The number of hydrogen-bond donors (Lipinski definition) is 3. The van der Waals surface area contributed by atoms with Gasteiger partial charge < -0.3 is 15.5 Å². The van der Waals surface area contributed by atoms with Crippen LogP contribution in [0.1, 0.15) is 30.1 Å². The van der Waals surface area contributed by atoms with Gasteiger partial charge in [0.15, 0.2) is 0 Å². The third kappa shape index (κ3) is 3.51. The van der Waals surface area contributed by atoms with Crippen molar-refractivity contribution in [1.82, 2.24) is 4.98 Å². The highest BCUT2D eigenvalue weighted by molar-refractivity contribution is 5.93. The van der Waals surface area contributed by atoms with Gasteiger partial charge in [0.05, 0.1) is 11.8 Å². The molecule has 0 spiro atoms. The molecule has 5 nitrogen and oxygen atoms in total. The lowest BCUT2D eigenvalue weighted by Gasteiger charge is -2.11. The summed E-state index contributed by atoms with van der Waals surface area (Å²) in [6.07, 6.45) is 3.79. The Hall–Kier alpha value is -1.62. The van der Waals surface area contributed by atoms with Crippen LogP contribution in [0, 0.1) is 0 Å². The van der Waals surface area contributed by atoms with E-state index in [0.29, 0.717) is 25.1 Å². The second-order valence-electron chi connectivity index (χ2n) is 3.50. The SMILES string of the molecule is CCC(O)CCNc1ccncc1C(=O)O. The maximum absolute atomic E-state index is 10.8. The number of hydrogen-bond acceptors (Lipinski definition) is 4. The van der Waals surface area contributed by atoms with Crippen LogP contribution in [0.15, 0.2) is 18.5 Å². The molecular formula is C11H16N2O3. The van der Waals surface area contributed by atoms with E-state index in [1.54, 1.807) is 6.07 Å². The number of aliphatic hydroxyl groups is 1. The lowest BCUT2D eigenvalue weighted by atomic mass is 10.2. The fourth-order valence-electron chi connectivity index (χ4n) is 1.30. The van der Waals surface area contributed by atoms with Crippen molar-refractivity contribution in [2.75, 3.05) is 11.9 Å². The molecule has 0 aliphatic heterocycles. The number of carboxylic acids is 1. The molecule has 0 aromatic carbocycles. The second-order valence-corrected chi connectivity index (χ2v) is 3.50. The Morgan fingerprint density at radius 1 is 1.62 bits per heavy atom. The van der Waals surface area contributed by atoms with Gasteiger partial charge in [-0.3, -0.25) is 4.98 Å². The predicted molar refractivity (Wildman–Crippen MR) is 60.6 cm³/mol. The summed E-state index contributed by atoms with van der Waals surface area (Å²) in [7, 11) is 0. The van der Waals surface area contributed by atoms with Gasteiger partial charge in [-0.15, -0.1) is 0 Å². The molecule has 5 heteroatoms. The van der Waals surface area contributed by atoms with Crippen LogP contribution >= 0.6 is 0 Å². The lowest BCUT2D eigenvalue weighted by molar-refractivity contribution is 0.0697. The maximum atomic E-state index is 10.8. The summed E-state index contributed by atoms with van der Waals surface area (Å²) in [4.78, 5) is 14.6. The molecular weight excluding hydrogens is 208 g/mol. The first kappa shape index (κ1) is 12.4. The highest BCUT2D eigenvalue weighted by Gasteiger charge is 2.09. The Kier molecular flexibility index (Phi) is 4.72. The molecule has 0 fully saturated rings. The zero-order valence-electron chi connectivity index (χ0n) is 9.18. The van der Waals surface area contributed by atoms with Crippen molar-refractivity contribution < 1.29 is 15.0 Å². The standard InChI is InChI=1S/C11H16N2O3/c1-2-8(14)3-6-13-10-4-5-12-7-9(10)11(15)16/h4-5,7-8,14H,2-3,6H2,1H3,(H,12,13)(H,15,16). The summed E-state index contributed by atoms with van der Waals surface area (Å²) in [6.45, 7) is 2.44. The van der Waals surface area contributed by atoms with Gasteiger partial charge in [-0.25, -0.2) is 4.79 Å². The van der Waals surface area contributed by atoms with Crippen LogP contribution in [-0.2, 0) is 0 Å². The number of rotatable bonds is 6. The Morgan fingerprint density at radius 2 is 2.38 bits per heavy atom. The van der Waals surface area contributed by atoms with Crippen LogP contribution < -0.4 is 5.32 Å². The summed E-state index contributed by atoms with van der Waals surface area (Å²) in [6, 6.07) is 1.61. The van der Waals surface area contributed by atoms with Gasteiger partial charge in [-0.05, 0) is 18.9 Å². The van der Waals surface area contributed by atoms with Gasteiger partial charge in [0.25, 0.3) is 0 Å². The molecule has 16 heavy (non-hydrogen) atoms. The number of pyridine rings is 1. The van der Waals surface area contributed by atoms with E-state index in [0.717, 1.165) is 0 Å². The lowest BCUT2D eigenvalue weighted by Crippen LogP contribution is -2.14. The van der Waals surface area contributed by atoms with Crippen LogP contribution in [0.5, 0.6) is 0 Å². The minimum Gasteiger partial charge on any atom is -0.478 e. The van der Waals surface area contributed by atoms with Crippen LogP contribution in [0.3, 0.4) is 0 Å². The van der Waals surface area contributed by atoms with Crippen molar-refractivity contribution in [1.29, 1.82) is 0 Å². The highest BCUT2D eigenvalue weighted by atomic mass is 16.4. The van der Waals surface area contributed by atoms with Crippen LogP contribution in [0.4, 0.5) is 5.69 Å². The fraction of sp³-hybridized carbons (Fsp3) is 0.455. The van der Waals surface area contributed by atoms with E-state index in [2.05, 4.69) is 10.3 Å². The Labute approximate surface area is 94.1 Å². The highest BCUT2D eigenvalue weighted by Crippen LogP contribution is 2.13. The number of carboxylic acid groups (broad SMARTS) is 1. The van der Waals surface area contributed by atoms with Crippen molar-refractivity contribution in [2.45, 2.75) is 25.9 Å². The average Bonchev–Trinajstić information content (AvgIpc) is 2.29. The number of carbonyl (C=O) groups is 1. The maximum Gasteiger partial charge on any atom is 0.339 e. The van der Waals surface area contributed by atoms with E-state index in [-0.39, 0.29) is 11.7 Å². The molecule has 0 aliphatic carbocycles. The Bertz CT molecular complexity index is 355. The van der Waals surface area contributed by atoms with E-state index in [1.165, 1.54) is 12.4 Å².